The quantitative estimate of drug-likeness (QED) is 0.640. The topological polar surface area (TPSA) is 107 Å². The van der Waals surface area contributed by atoms with Gasteiger partial charge in [0.2, 0.25) is 10.0 Å². The molecule has 162 valence electrons. The van der Waals surface area contributed by atoms with E-state index in [-0.39, 0.29) is 47.6 Å². The third-order valence-corrected chi connectivity index (χ3v) is 6.97. The van der Waals surface area contributed by atoms with E-state index in [1.807, 2.05) is 0 Å². The maximum absolute atomic E-state index is 12.9. The number of amides is 1. The third kappa shape index (κ3) is 4.84. The van der Waals surface area contributed by atoms with Crippen molar-refractivity contribution in [2.24, 2.45) is 0 Å². The van der Waals surface area contributed by atoms with Crippen LogP contribution in [0, 0.1) is 0 Å². The molecule has 2 aromatic rings. The second-order valence-electron chi connectivity index (χ2n) is 7.19. The van der Waals surface area contributed by atoms with Gasteiger partial charge in [-0.2, -0.15) is 4.31 Å². The molecule has 0 unspecified atom stereocenters. The van der Waals surface area contributed by atoms with Crippen LogP contribution in [0.15, 0.2) is 53.4 Å². The molecule has 7 nitrogen and oxygen atoms in total. The van der Waals surface area contributed by atoms with Crippen molar-refractivity contribution in [2.75, 3.05) is 25.0 Å². The van der Waals surface area contributed by atoms with Crippen LogP contribution < -0.4 is 5.32 Å². The molecule has 1 fully saturated rings. The van der Waals surface area contributed by atoms with Gasteiger partial charge in [0.1, 0.15) is 0 Å². The smallest absolute Gasteiger partial charge is 0.263 e. The van der Waals surface area contributed by atoms with Crippen molar-refractivity contribution >= 4 is 21.6 Å². The van der Waals surface area contributed by atoms with E-state index in [1.54, 1.807) is 0 Å². The average Bonchev–Trinajstić information content (AvgIpc) is 2.74. The molecule has 3 N–H and O–H groups in total. The van der Waals surface area contributed by atoms with Crippen LogP contribution in [0.5, 0.6) is 0 Å². The van der Waals surface area contributed by atoms with Gasteiger partial charge in [0.05, 0.1) is 17.1 Å². The van der Waals surface area contributed by atoms with Crippen molar-refractivity contribution in [1.82, 2.24) is 4.31 Å². The Morgan fingerprint density at radius 3 is 2.43 bits per heavy atom. The number of alkyl halides is 2. The van der Waals surface area contributed by atoms with Crippen LogP contribution in [0.3, 0.4) is 0 Å². The van der Waals surface area contributed by atoms with Gasteiger partial charge in [0.15, 0.2) is 0 Å². The Morgan fingerprint density at radius 1 is 1.13 bits per heavy atom. The summed E-state index contributed by atoms with van der Waals surface area (Å²) in [7, 11) is -3.91. The number of nitrogens with one attached hydrogen (secondary N) is 1. The predicted molar refractivity (Wildman–Crippen MR) is 106 cm³/mol. The van der Waals surface area contributed by atoms with E-state index >= 15 is 0 Å². The zero-order valence-electron chi connectivity index (χ0n) is 16.0. The molecule has 1 amide bonds. The van der Waals surface area contributed by atoms with E-state index in [4.69, 9.17) is 0 Å². The fourth-order valence-corrected chi connectivity index (χ4v) is 4.69. The minimum absolute atomic E-state index is 0.0379. The number of hydrogen-bond acceptors (Lipinski definition) is 5. The Balaban J connectivity index is 1.77. The molecular formula is C20H22F2N2O5S. The van der Waals surface area contributed by atoms with E-state index in [2.05, 4.69) is 5.32 Å². The fraction of sp³-hybridized carbons (Fsp3) is 0.350. The lowest BCUT2D eigenvalue weighted by atomic mass is 9.94. The van der Waals surface area contributed by atoms with Crippen LogP contribution in [0.25, 0.3) is 0 Å². The zero-order valence-corrected chi connectivity index (χ0v) is 16.8. The first-order valence-corrected chi connectivity index (χ1v) is 10.7. The van der Waals surface area contributed by atoms with E-state index in [1.165, 1.54) is 46.8 Å². The van der Waals surface area contributed by atoms with Gasteiger partial charge in [0, 0.05) is 29.9 Å². The molecule has 1 aliphatic heterocycles. The standard InChI is InChI=1S/C20H22F2N2O5S/c21-18(22)14-3-1-5-16(11-14)23-19(26)15-4-2-6-17(12-15)30(28,29)24-9-7-20(27,13-25)8-10-24/h1-6,11-12,18,25,27H,7-10,13H2,(H,23,26). The van der Waals surface area contributed by atoms with E-state index in [9.17, 15) is 32.2 Å². The highest BCUT2D eigenvalue weighted by Gasteiger charge is 2.36. The van der Waals surface area contributed by atoms with E-state index in [0.29, 0.717) is 0 Å². The summed E-state index contributed by atoms with van der Waals surface area (Å²) in [6, 6.07) is 10.7. The number of carbonyl (C=O) groups is 1. The lowest BCUT2D eigenvalue weighted by Gasteiger charge is -2.36. The van der Waals surface area contributed by atoms with Crippen LogP contribution in [0.1, 0.15) is 35.2 Å². The number of aliphatic hydroxyl groups is 2. The second-order valence-corrected chi connectivity index (χ2v) is 9.13. The molecule has 2 aromatic carbocycles. The summed E-state index contributed by atoms with van der Waals surface area (Å²) >= 11 is 0. The van der Waals surface area contributed by atoms with Crippen molar-refractivity contribution in [3.63, 3.8) is 0 Å². The van der Waals surface area contributed by atoms with Gasteiger partial charge in [-0.3, -0.25) is 4.79 Å². The summed E-state index contributed by atoms with van der Waals surface area (Å²) in [6.07, 6.45) is -2.48. The molecule has 30 heavy (non-hydrogen) atoms. The molecule has 0 radical (unpaired) electrons. The highest BCUT2D eigenvalue weighted by molar-refractivity contribution is 7.89. The van der Waals surface area contributed by atoms with Crippen molar-refractivity contribution < 1.29 is 32.2 Å². The number of hydrogen-bond donors (Lipinski definition) is 3. The molecule has 3 rings (SSSR count). The maximum atomic E-state index is 12.9. The van der Waals surface area contributed by atoms with Crippen LogP contribution in [-0.4, -0.2) is 54.1 Å². The van der Waals surface area contributed by atoms with Crippen molar-refractivity contribution in [1.29, 1.82) is 0 Å². The number of nitrogens with zero attached hydrogens (tertiary/aromatic N) is 1. The Kier molecular flexibility index (Phi) is 6.51. The average molecular weight is 440 g/mol. The number of anilines is 1. The lowest BCUT2D eigenvalue weighted by molar-refractivity contribution is -0.0480. The number of carbonyl (C=O) groups excluding carboxylic acids is 1. The summed E-state index contributed by atoms with van der Waals surface area (Å²) in [5.41, 5.74) is -1.30. The molecule has 1 heterocycles. The molecule has 1 saturated heterocycles. The van der Waals surface area contributed by atoms with Gasteiger partial charge < -0.3 is 15.5 Å². The largest absolute Gasteiger partial charge is 0.393 e. The van der Waals surface area contributed by atoms with Gasteiger partial charge in [0.25, 0.3) is 12.3 Å². The summed E-state index contributed by atoms with van der Waals surface area (Å²) in [5.74, 6) is -0.633. The van der Waals surface area contributed by atoms with E-state index in [0.717, 1.165) is 6.07 Å². The van der Waals surface area contributed by atoms with Crippen LogP contribution >= 0.6 is 0 Å². The monoisotopic (exact) mass is 440 g/mol. The van der Waals surface area contributed by atoms with Gasteiger partial charge in [-0.05, 0) is 43.2 Å². The Labute approximate surface area is 173 Å². The molecule has 0 atom stereocenters. The highest BCUT2D eigenvalue weighted by Crippen LogP contribution is 2.27. The number of sulfonamides is 1. The SMILES string of the molecule is O=C(Nc1cccc(C(F)F)c1)c1cccc(S(=O)(=O)N2CCC(O)(CO)CC2)c1. The molecule has 0 aromatic heterocycles. The molecule has 0 bridgehead atoms. The number of benzene rings is 2. The third-order valence-electron chi connectivity index (χ3n) is 5.08. The van der Waals surface area contributed by atoms with Gasteiger partial charge in [-0.15, -0.1) is 0 Å². The number of rotatable bonds is 6. The first-order chi connectivity index (χ1) is 14.1. The fourth-order valence-electron chi connectivity index (χ4n) is 3.20. The normalized spacial score (nSPS) is 17.1. The Bertz CT molecular complexity index is 1020. The van der Waals surface area contributed by atoms with Crippen LogP contribution in [0.2, 0.25) is 0 Å². The van der Waals surface area contributed by atoms with Crippen LogP contribution in [-0.2, 0) is 10.0 Å². The maximum Gasteiger partial charge on any atom is 0.263 e. The second kappa shape index (κ2) is 8.76. The first kappa shape index (κ1) is 22.3. The minimum Gasteiger partial charge on any atom is -0.393 e. The van der Waals surface area contributed by atoms with Gasteiger partial charge in [-0.1, -0.05) is 18.2 Å². The minimum atomic E-state index is -3.91. The Morgan fingerprint density at radius 2 is 1.80 bits per heavy atom. The number of aliphatic hydroxyl groups excluding tert-OH is 1. The summed E-state index contributed by atoms with van der Waals surface area (Å²) in [6.45, 7) is -0.365. The van der Waals surface area contributed by atoms with Crippen LogP contribution in [0.4, 0.5) is 14.5 Å². The molecular weight excluding hydrogens is 418 g/mol. The van der Waals surface area contributed by atoms with Crippen molar-refractivity contribution in [3.05, 3.63) is 59.7 Å². The molecule has 10 heteroatoms. The Hall–Kier alpha value is -2.40. The number of piperidine rings is 1. The zero-order chi connectivity index (χ0) is 21.9. The lowest BCUT2D eigenvalue weighted by Crippen LogP contribution is -2.48. The van der Waals surface area contributed by atoms with Crippen molar-refractivity contribution in [2.45, 2.75) is 29.8 Å². The van der Waals surface area contributed by atoms with Gasteiger partial charge in [-0.25, -0.2) is 17.2 Å². The first-order valence-electron chi connectivity index (χ1n) is 9.27. The molecule has 0 spiro atoms. The highest BCUT2D eigenvalue weighted by atomic mass is 32.2. The molecule has 0 saturated carbocycles. The molecule has 1 aliphatic rings. The summed E-state index contributed by atoms with van der Waals surface area (Å²) in [5, 5.41) is 21.8. The number of halogens is 2. The molecule has 0 aliphatic carbocycles. The summed E-state index contributed by atoms with van der Waals surface area (Å²) in [4.78, 5) is 12.4. The van der Waals surface area contributed by atoms with Crippen molar-refractivity contribution in [3.8, 4) is 0 Å². The predicted octanol–water partition coefficient (Wildman–Crippen LogP) is 2.38. The van der Waals surface area contributed by atoms with Gasteiger partial charge >= 0.3 is 0 Å². The van der Waals surface area contributed by atoms with E-state index < -0.39 is 34.6 Å². The summed E-state index contributed by atoms with van der Waals surface area (Å²) < 4.78 is 52.7.